The van der Waals surface area contributed by atoms with Crippen molar-refractivity contribution >= 4 is 5.78 Å². The molecule has 130 valence electrons. The number of hydrogen-bond donors (Lipinski definition) is 1. The van der Waals surface area contributed by atoms with Gasteiger partial charge in [0.05, 0.1) is 13.2 Å². The third kappa shape index (κ3) is 5.96. The van der Waals surface area contributed by atoms with E-state index in [0.717, 1.165) is 0 Å². The van der Waals surface area contributed by atoms with E-state index in [0.29, 0.717) is 49.0 Å². The first-order valence-electron chi connectivity index (χ1n) is 7.96. The van der Waals surface area contributed by atoms with Crippen LogP contribution in [0.3, 0.4) is 0 Å². The zero-order valence-electron chi connectivity index (χ0n) is 13.9. The first-order chi connectivity index (χ1) is 12.2. The molecule has 0 spiro atoms. The molecule has 0 radical (unpaired) electrons. The van der Waals surface area contributed by atoms with Gasteiger partial charge < -0.3 is 19.9 Å². The summed E-state index contributed by atoms with van der Waals surface area (Å²) in [6.45, 7) is 2.13. The van der Waals surface area contributed by atoms with Gasteiger partial charge in [0, 0.05) is 17.7 Å². The predicted octanol–water partition coefficient (Wildman–Crippen LogP) is 2.28. The Balaban J connectivity index is 1.90. The molecule has 0 saturated carbocycles. The maximum atomic E-state index is 12.5. The smallest absolute Gasteiger partial charge is 0.193 e. The summed E-state index contributed by atoms with van der Waals surface area (Å²) in [7, 11) is 0. The third-order valence-corrected chi connectivity index (χ3v) is 3.31. The van der Waals surface area contributed by atoms with Gasteiger partial charge in [-0.05, 0) is 48.5 Å². The summed E-state index contributed by atoms with van der Waals surface area (Å²) in [5.41, 5.74) is 6.50. The molecular weight excluding hydrogens is 318 g/mol. The lowest BCUT2D eigenvalue weighted by Crippen LogP contribution is -2.13. The zero-order chi connectivity index (χ0) is 17.9. The molecule has 0 atom stereocenters. The number of hydrogen-bond acceptors (Lipinski definition) is 5. The Morgan fingerprint density at radius 1 is 0.880 bits per heavy atom. The maximum Gasteiger partial charge on any atom is 0.193 e. The summed E-state index contributed by atoms with van der Waals surface area (Å²) in [5.74, 6) is 3.65. The van der Waals surface area contributed by atoms with E-state index >= 15 is 0 Å². The van der Waals surface area contributed by atoms with E-state index in [9.17, 15) is 4.79 Å². The number of carbonyl (C=O) groups excluding carboxylic acids is 1. The molecule has 0 aliphatic carbocycles. The molecule has 25 heavy (non-hydrogen) atoms. The SMILES string of the molecule is C#CCOc1ccc(C(=O)c2ccc(OCCOCCN)cc2)cc1. The summed E-state index contributed by atoms with van der Waals surface area (Å²) in [6.07, 6.45) is 5.14. The van der Waals surface area contributed by atoms with Gasteiger partial charge in [0.15, 0.2) is 5.78 Å². The van der Waals surface area contributed by atoms with Gasteiger partial charge >= 0.3 is 0 Å². The molecule has 5 nitrogen and oxygen atoms in total. The van der Waals surface area contributed by atoms with Gasteiger partial charge in [-0.2, -0.15) is 0 Å². The van der Waals surface area contributed by atoms with E-state index in [1.807, 2.05) is 0 Å². The van der Waals surface area contributed by atoms with Gasteiger partial charge in [0.1, 0.15) is 24.7 Å². The van der Waals surface area contributed by atoms with Crippen LogP contribution in [0.1, 0.15) is 15.9 Å². The molecule has 0 fully saturated rings. The van der Waals surface area contributed by atoms with E-state index in [4.69, 9.17) is 26.4 Å². The second-order valence-corrected chi connectivity index (χ2v) is 5.12. The second kappa shape index (κ2) is 10.1. The number of rotatable bonds is 10. The van der Waals surface area contributed by atoms with Crippen LogP contribution in [0, 0.1) is 12.3 Å². The molecule has 5 heteroatoms. The van der Waals surface area contributed by atoms with Crippen LogP contribution < -0.4 is 15.2 Å². The lowest BCUT2D eigenvalue weighted by molar-refractivity contribution is 0.103. The summed E-state index contributed by atoms with van der Waals surface area (Å²) in [4.78, 5) is 12.5. The normalized spacial score (nSPS) is 10.1. The minimum Gasteiger partial charge on any atom is -0.491 e. The molecule has 0 bridgehead atoms. The molecule has 0 aliphatic heterocycles. The van der Waals surface area contributed by atoms with Gasteiger partial charge in [-0.15, -0.1) is 6.42 Å². The quantitative estimate of drug-likeness (QED) is 0.408. The topological polar surface area (TPSA) is 70.8 Å². The van der Waals surface area contributed by atoms with Gasteiger partial charge in [-0.1, -0.05) is 5.92 Å². The third-order valence-electron chi connectivity index (χ3n) is 3.31. The van der Waals surface area contributed by atoms with Crippen LogP contribution in [0.25, 0.3) is 0 Å². The predicted molar refractivity (Wildman–Crippen MR) is 96.0 cm³/mol. The fraction of sp³-hybridized carbons (Fsp3) is 0.250. The lowest BCUT2D eigenvalue weighted by atomic mass is 10.0. The van der Waals surface area contributed by atoms with Gasteiger partial charge in [-0.25, -0.2) is 0 Å². The van der Waals surface area contributed by atoms with Gasteiger partial charge in [-0.3, -0.25) is 4.79 Å². The number of ether oxygens (including phenoxy) is 3. The van der Waals surface area contributed by atoms with E-state index < -0.39 is 0 Å². The summed E-state index contributed by atoms with van der Waals surface area (Å²) in [5, 5.41) is 0. The minimum atomic E-state index is -0.0682. The molecule has 2 aromatic rings. The molecule has 0 aromatic heterocycles. The highest BCUT2D eigenvalue weighted by atomic mass is 16.5. The number of nitrogens with two attached hydrogens (primary N) is 1. The van der Waals surface area contributed by atoms with Crippen molar-refractivity contribution in [1.82, 2.24) is 0 Å². The standard InChI is InChI=1S/C20H21NO4/c1-2-12-24-18-7-3-16(4-8-18)20(22)17-5-9-19(10-6-17)25-15-14-23-13-11-21/h1,3-10H,11-15,21H2. The van der Waals surface area contributed by atoms with Crippen LogP contribution in [0.5, 0.6) is 11.5 Å². The van der Waals surface area contributed by atoms with Crippen LogP contribution in [-0.2, 0) is 4.74 Å². The highest BCUT2D eigenvalue weighted by Gasteiger charge is 2.09. The molecule has 0 amide bonds. The van der Waals surface area contributed by atoms with Crippen molar-refractivity contribution in [3.8, 4) is 23.8 Å². The fourth-order valence-corrected chi connectivity index (χ4v) is 2.10. The van der Waals surface area contributed by atoms with Crippen LogP contribution in [-0.4, -0.2) is 38.8 Å². The molecule has 0 heterocycles. The first kappa shape index (κ1) is 18.5. The number of ketones is 1. The lowest BCUT2D eigenvalue weighted by Gasteiger charge is -2.08. The Morgan fingerprint density at radius 2 is 1.44 bits per heavy atom. The van der Waals surface area contributed by atoms with Crippen molar-refractivity contribution in [2.75, 3.05) is 33.0 Å². The molecule has 0 unspecified atom stereocenters. The fourth-order valence-electron chi connectivity index (χ4n) is 2.10. The number of benzene rings is 2. The zero-order valence-corrected chi connectivity index (χ0v) is 13.9. The largest absolute Gasteiger partial charge is 0.491 e. The van der Waals surface area contributed by atoms with Crippen molar-refractivity contribution in [2.45, 2.75) is 0 Å². The van der Waals surface area contributed by atoms with Crippen LogP contribution in [0.2, 0.25) is 0 Å². The Bertz CT molecular complexity index is 702. The number of terminal acetylenes is 1. The van der Waals surface area contributed by atoms with Crippen molar-refractivity contribution in [1.29, 1.82) is 0 Å². The van der Waals surface area contributed by atoms with Crippen LogP contribution in [0.4, 0.5) is 0 Å². The van der Waals surface area contributed by atoms with E-state index in [1.165, 1.54) is 0 Å². The average Bonchev–Trinajstić information content (AvgIpc) is 2.66. The Kier molecular flexibility index (Phi) is 7.51. The monoisotopic (exact) mass is 339 g/mol. The average molecular weight is 339 g/mol. The van der Waals surface area contributed by atoms with E-state index in [-0.39, 0.29) is 12.4 Å². The number of carbonyl (C=O) groups is 1. The Morgan fingerprint density at radius 3 is 1.96 bits per heavy atom. The first-order valence-corrected chi connectivity index (χ1v) is 7.96. The summed E-state index contributed by atoms with van der Waals surface area (Å²) < 4.78 is 16.1. The van der Waals surface area contributed by atoms with Crippen molar-refractivity contribution in [3.63, 3.8) is 0 Å². The van der Waals surface area contributed by atoms with Crippen LogP contribution in [0.15, 0.2) is 48.5 Å². The second-order valence-electron chi connectivity index (χ2n) is 5.12. The highest BCUT2D eigenvalue weighted by Crippen LogP contribution is 2.18. The van der Waals surface area contributed by atoms with Crippen molar-refractivity contribution in [2.24, 2.45) is 5.73 Å². The molecule has 2 N–H and O–H groups in total. The van der Waals surface area contributed by atoms with Crippen molar-refractivity contribution < 1.29 is 19.0 Å². The van der Waals surface area contributed by atoms with Crippen LogP contribution >= 0.6 is 0 Å². The van der Waals surface area contributed by atoms with E-state index in [1.54, 1.807) is 48.5 Å². The molecule has 0 aliphatic rings. The highest BCUT2D eigenvalue weighted by molar-refractivity contribution is 6.09. The van der Waals surface area contributed by atoms with Gasteiger partial charge in [0.25, 0.3) is 0 Å². The molecule has 0 saturated heterocycles. The van der Waals surface area contributed by atoms with Crippen molar-refractivity contribution in [3.05, 3.63) is 59.7 Å². The Hall–Kier alpha value is -2.81. The van der Waals surface area contributed by atoms with E-state index in [2.05, 4.69) is 5.92 Å². The molecule has 2 rings (SSSR count). The molecule has 2 aromatic carbocycles. The minimum absolute atomic E-state index is 0.0682. The maximum absolute atomic E-state index is 12.5. The van der Waals surface area contributed by atoms with Gasteiger partial charge in [0.2, 0.25) is 0 Å². The Labute approximate surface area is 147 Å². The summed E-state index contributed by atoms with van der Waals surface area (Å²) >= 11 is 0. The molecular formula is C20H21NO4. The summed E-state index contributed by atoms with van der Waals surface area (Å²) in [6, 6.07) is 13.9.